The Morgan fingerprint density at radius 1 is 1.00 bits per heavy atom. The van der Waals surface area contributed by atoms with Crippen LogP contribution < -0.4 is 9.47 Å². The number of nitrogens with zero attached hydrogens (tertiary/aromatic N) is 1. The minimum Gasteiger partial charge on any atom is -0.502 e. The van der Waals surface area contributed by atoms with Gasteiger partial charge in [-0.3, -0.25) is 4.79 Å². The lowest BCUT2D eigenvalue weighted by Gasteiger charge is -2.40. The predicted octanol–water partition coefficient (Wildman–Crippen LogP) is 4.33. The first-order valence-electron chi connectivity index (χ1n) is 9.41. The van der Waals surface area contributed by atoms with Crippen molar-refractivity contribution in [2.75, 3.05) is 14.2 Å². The van der Waals surface area contributed by atoms with Crippen LogP contribution in [0.1, 0.15) is 41.6 Å². The van der Waals surface area contributed by atoms with Crippen molar-refractivity contribution in [3.63, 3.8) is 0 Å². The average molecular weight is 375 g/mol. The second-order valence-corrected chi connectivity index (χ2v) is 7.32. The van der Waals surface area contributed by atoms with Gasteiger partial charge in [-0.1, -0.05) is 36.4 Å². The van der Waals surface area contributed by atoms with Crippen LogP contribution in [0.5, 0.6) is 17.2 Å². The number of amides is 1. The number of aromatic hydroxyl groups is 1. The van der Waals surface area contributed by atoms with E-state index in [1.165, 1.54) is 30.6 Å². The summed E-state index contributed by atoms with van der Waals surface area (Å²) in [5, 5.41) is 12.7. The van der Waals surface area contributed by atoms with Gasteiger partial charge in [0.15, 0.2) is 11.5 Å². The molecule has 0 radical (unpaired) electrons. The minimum atomic E-state index is -0.248. The Morgan fingerprint density at radius 2 is 1.64 bits per heavy atom. The third kappa shape index (κ3) is 2.22. The van der Waals surface area contributed by atoms with Gasteiger partial charge in [0.1, 0.15) is 0 Å². The highest BCUT2D eigenvalue weighted by atomic mass is 16.5. The van der Waals surface area contributed by atoms with Crippen molar-refractivity contribution < 1.29 is 19.4 Å². The van der Waals surface area contributed by atoms with Crippen molar-refractivity contribution in [2.45, 2.75) is 24.9 Å². The Labute approximate surface area is 163 Å². The van der Waals surface area contributed by atoms with Gasteiger partial charge in [0.25, 0.3) is 0 Å². The molecule has 0 aromatic heterocycles. The number of carbonyl (C=O) groups is 1. The van der Waals surface area contributed by atoms with Gasteiger partial charge in [-0.25, -0.2) is 0 Å². The largest absolute Gasteiger partial charge is 0.502 e. The second kappa shape index (κ2) is 6.16. The molecule has 0 saturated carbocycles. The van der Waals surface area contributed by atoms with Crippen molar-refractivity contribution in [1.29, 1.82) is 0 Å². The molecule has 28 heavy (non-hydrogen) atoms. The molecule has 1 saturated heterocycles. The van der Waals surface area contributed by atoms with Gasteiger partial charge in [-0.15, -0.1) is 0 Å². The van der Waals surface area contributed by atoms with Crippen LogP contribution in [0, 0.1) is 0 Å². The minimum absolute atomic E-state index is 0.0348. The highest BCUT2D eigenvalue weighted by molar-refractivity contribution is 5.94. The molecule has 142 valence electrons. The molecule has 5 nitrogen and oxygen atoms in total. The van der Waals surface area contributed by atoms with Gasteiger partial charge in [0.2, 0.25) is 11.7 Å². The Morgan fingerprint density at radius 3 is 2.29 bits per heavy atom. The van der Waals surface area contributed by atoms with Crippen molar-refractivity contribution in [1.82, 2.24) is 4.90 Å². The number of hydrogen-bond acceptors (Lipinski definition) is 4. The fourth-order valence-corrected chi connectivity index (χ4v) is 4.80. The molecule has 1 N–H and O–H groups in total. The van der Waals surface area contributed by atoms with Crippen LogP contribution in [0.15, 0.2) is 48.5 Å². The van der Waals surface area contributed by atoms with Crippen molar-refractivity contribution in [2.24, 2.45) is 0 Å². The Balaban J connectivity index is 1.82. The second-order valence-electron chi connectivity index (χ2n) is 7.32. The van der Waals surface area contributed by atoms with Crippen LogP contribution in [0.25, 0.3) is 10.8 Å². The lowest BCUT2D eigenvalue weighted by Crippen LogP contribution is -2.36. The smallest absolute Gasteiger partial charge is 0.223 e. The number of phenolic OH excluding ortho intramolecular Hbond substituents is 1. The summed E-state index contributed by atoms with van der Waals surface area (Å²) < 4.78 is 10.7. The quantitative estimate of drug-likeness (QED) is 0.740. The van der Waals surface area contributed by atoms with E-state index in [1.54, 1.807) is 12.1 Å². The van der Waals surface area contributed by atoms with E-state index in [-0.39, 0.29) is 23.7 Å². The summed E-state index contributed by atoms with van der Waals surface area (Å²) in [5.74, 6) is 0.784. The Hall–Kier alpha value is -3.21. The number of rotatable bonds is 3. The molecule has 5 rings (SSSR count). The summed E-state index contributed by atoms with van der Waals surface area (Å²) in [6, 6.07) is 16.0. The topological polar surface area (TPSA) is 59.0 Å². The zero-order valence-corrected chi connectivity index (χ0v) is 15.8. The molecule has 2 aliphatic rings. The molecule has 5 heteroatoms. The SMILES string of the molecule is COc1cc([C@@H]2c3cccc4cccc(c34)[C@H]3CCC(=O)N23)cc(OC)c1O. The third-order valence-corrected chi connectivity index (χ3v) is 5.97. The molecule has 1 fully saturated rings. The summed E-state index contributed by atoms with van der Waals surface area (Å²) in [7, 11) is 3.03. The third-order valence-electron chi connectivity index (χ3n) is 5.97. The standard InChI is InChI=1S/C23H21NO4/c1-27-18-11-14(12-19(28-2)23(18)26)22-16-8-4-6-13-5-3-7-15(21(13)16)17-9-10-20(25)24(17)22/h3-8,11-12,17,22,26H,9-10H2,1-2H3/t17-,22-/m1/s1. The molecule has 3 aromatic rings. The van der Waals surface area contributed by atoms with E-state index in [4.69, 9.17) is 9.47 Å². The van der Waals surface area contributed by atoms with Crippen molar-refractivity contribution in [3.8, 4) is 17.2 Å². The first-order valence-corrected chi connectivity index (χ1v) is 9.41. The Bertz CT molecular complexity index is 1080. The normalized spacial score (nSPS) is 20.4. The zero-order valence-electron chi connectivity index (χ0n) is 15.8. The maximum absolute atomic E-state index is 12.9. The predicted molar refractivity (Wildman–Crippen MR) is 106 cm³/mol. The molecule has 0 bridgehead atoms. The number of fused-ring (bicyclic) bond motifs is 2. The van der Waals surface area contributed by atoms with E-state index in [0.29, 0.717) is 17.9 Å². The van der Waals surface area contributed by atoms with Gasteiger partial charge in [-0.2, -0.15) is 0 Å². The van der Waals surface area contributed by atoms with Gasteiger partial charge in [0, 0.05) is 6.42 Å². The van der Waals surface area contributed by atoms with Gasteiger partial charge in [0.05, 0.1) is 26.3 Å². The van der Waals surface area contributed by atoms with Crippen molar-refractivity contribution in [3.05, 3.63) is 65.2 Å². The molecule has 0 spiro atoms. The molecule has 2 atom stereocenters. The summed E-state index contributed by atoms with van der Waals surface area (Å²) >= 11 is 0. The number of carbonyl (C=O) groups excluding carboxylic acids is 1. The molecule has 2 heterocycles. The monoisotopic (exact) mass is 375 g/mol. The number of methoxy groups -OCH3 is 2. The zero-order chi connectivity index (χ0) is 19.4. The number of benzene rings is 3. The van der Waals surface area contributed by atoms with Crippen LogP contribution in [0.4, 0.5) is 0 Å². The van der Waals surface area contributed by atoms with E-state index in [9.17, 15) is 9.90 Å². The van der Waals surface area contributed by atoms with Gasteiger partial charge < -0.3 is 19.5 Å². The number of hydrogen-bond donors (Lipinski definition) is 1. The highest BCUT2D eigenvalue weighted by Gasteiger charge is 2.43. The highest BCUT2D eigenvalue weighted by Crippen LogP contribution is 2.52. The van der Waals surface area contributed by atoms with E-state index in [2.05, 4.69) is 30.3 Å². The summed E-state index contributed by atoms with van der Waals surface area (Å²) in [6.45, 7) is 0. The maximum atomic E-state index is 12.9. The first-order chi connectivity index (χ1) is 13.6. The Kier molecular flexibility index (Phi) is 3.72. The van der Waals surface area contributed by atoms with Crippen LogP contribution in [0.2, 0.25) is 0 Å². The van der Waals surface area contributed by atoms with Crippen LogP contribution >= 0.6 is 0 Å². The molecular formula is C23H21NO4. The molecular weight excluding hydrogens is 354 g/mol. The van der Waals surface area contributed by atoms with Gasteiger partial charge in [-0.05, 0) is 46.0 Å². The van der Waals surface area contributed by atoms with E-state index < -0.39 is 0 Å². The average Bonchev–Trinajstić information content (AvgIpc) is 3.11. The molecule has 3 aromatic carbocycles. The van der Waals surface area contributed by atoms with Crippen molar-refractivity contribution >= 4 is 16.7 Å². The molecule has 2 aliphatic heterocycles. The van der Waals surface area contributed by atoms with Gasteiger partial charge >= 0.3 is 0 Å². The van der Waals surface area contributed by atoms with Crippen LogP contribution in [-0.2, 0) is 4.79 Å². The van der Waals surface area contributed by atoms with Crippen LogP contribution in [0.3, 0.4) is 0 Å². The van der Waals surface area contributed by atoms with Crippen LogP contribution in [-0.4, -0.2) is 30.1 Å². The lowest BCUT2D eigenvalue weighted by molar-refractivity contribution is -0.130. The first kappa shape index (κ1) is 16.9. The number of phenols is 1. The summed E-state index contributed by atoms with van der Waals surface area (Å²) in [5.41, 5.74) is 3.18. The fourth-order valence-electron chi connectivity index (χ4n) is 4.80. The van der Waals surface area contributed by atoms with E-state index in [0.717, 1.165) is 17.5 Å². The lowest BCUT2D eigenvalue weighted by atomic mass is 9.83. The molecule has 0 aliphatic carbocycles. The maximum Gasteiger partial charge on any atom is 0.223 e. The summed E-state index contributed by atoms with van der Waals surface area (Å²) in [4.78, 5) is 14.9. The van der Waals surface area contributed by atoms with E-state index in [1.807, 2.05) is 11.0 Å². The summed E-state index contributed by atoms with van der Waals surface area (Å²) in [6.07, 6.45) is 1.35. The van der Waals surface area contributed by atoms with E-state index >= 15 is 0 Å². The molecule has 1 amide bonds. The fraction of sp³-hybridized carbons (Fsp3) is 0.261. The molecule has 0 unspecified atom stereocenters. The number of ether oxygens (including phenoxy) is 2.